The van der Waals surface area contributed by atoms with E-state index in [1.54, 1.807) is 13.8 Å². The van der Waals surface area contributed by atoms with Gasteiger partial charge in [0, 0.05) is 0 Å². The molecule has 1 rings (SSSR count). The number of nitrogens with one attached hydrogen (secondary N) is 1. The quantitative estimate of drug-likeness (QED) is 0.690. The summed E-state index contributed by atoms with van der Waals surface area (Å²) in [5, 5.41) is 2.39. The predicted molar refractivity (Wildman–Crippen MR) is 81.6 cm³/mol. The molecule has 6 nitrogen and oxygen atoms in total. The number of carbonyl (C=O) groups is 3. The van der Waals surface area contributed by atoms with Crippen molar-refractivity contribution in [2.24, 2.45) is 11.7 Å². The highest BCUT2D eigenvalue weighted by Gasteiger charge is 2.25. The zero-order valence-electron chi connectivity index (χ0n) is 13.5. The van der Waals surface area contributed by atoms with E-state index < -0.39 is 41.4 Å². The Hall–Kier alpha value is -2.51. The van der Waals surface area contributed by atoms with E-state index in [1.807, 2.05) is 0 Å². The molecule has 0 bridgehead atoms. The number of amides is 2. The van der Waals surface area contributed by atoms with E-state index >= 15 is 0 Å². The highest BCUT2D eigenvalue weighted by molar-refractivity contribution is 5.88. The van der Waals surface area contributed by atoms with Crippen molar-refractivity contribution in [3.05, 3.63) is 35.4 Å². The molecule has 0 saturated carbocycles. The lowest BCUT2D eigenvalue weighted by Crippen LogP contribution is -2.46. The Bertz CT molecular complexity index is 622. The third-order valence-electron chi connectivity index (χ3n) is 3.31. The van der Waals surface area contributed by atoms with Gasteiger partial charge in [-0.15, -0.1) is 0 Å². The van der Waals surface area contributed by atoms with Gasteiger partial charge in [-0.2, -0.15) is 0 Å². The Balaban J connectivity index is 2.67. The monoisotopic (exact) mass is 342 g/mol. The van der Waals surface area contributed by atoms with Crippen molar-refractivity contribution in [1.29, 1.82) is 0 Å². The lowest BCUT2D eigenvalue weighted by Gasteiger charge is -2.19. The van der Waals surface area contributed by atoms with Crippen molar-refractivity contribution in [3.63, 3.8) is 0 Å². The molecule has 0 fully saturated rings. The van der Waals surface area contributed by atoms with Crippen LogP contribution in [0.1, 0.15) is 25.8 Å². The van der Waals surface area contributed by atoms with Gasteiger partial charge in [0.05, 0.1) is 18.9 Å². The maximum atomic E-state index is 13.1. The van der Waals surface area contributed by atoms with Crippen molar-refractivity contribution in [2.75, 3.05) is 6.61 Å². The fraction of sp³-hybridized carbons (Fsp3) is 0.438. The molecule has 0 radical (unpaired) electrons. The van der Waals surface area contributed by atoms with E-state index in [1.165, 1.54) is 6.07 Å². The molecule has 132 valence electrons. The molecule has 0 spiro atoms. The normalized spacial score (nSPS) is 13.0. The summed E-state index contributed by atoms with van der Waals surface area (Å²) < 4.78 is 30.8. The fourth-order valence-corrected chi connectivity index (χ4v) is 2.06. The highest BCUT2D eigenvalue weighted by atomic mass is 19.2. The lowest BCUT2D eigenvalue weighted by molar-refractivity contribution is -0.148. The summed E-state index contributed by atoms with van der Waals surface area (Å²) in [5.41, 5.74) is 5.47. The number of hydrogen-bond donors (Lipinski definition) is 2. The van der Waals surface area contributed by atoms with Crippen LogP contribution >= 0.6 is 0 Å². The summed E-state index contributed by atoms with van der Waals surface area (Å²) in [4.78, 5) is 35.0. The van der Waals surface area contributed by atoms with Gasteiger partial charge in [0.1, 0.15) is 6.04 Å². The first-order chi connectivity index (χ1) is 11.2. The average molecular weight is 342 g/mol. The number of rotatable bonds is 8. The summed E-state index contributed by atoms with van der Waals surface area (Å²) in [6.45, 7) is 3.40. The van der Waals surface area contributed by atoms with Crippen molar-refractivity contribution in [2.45, 2.75) is 32.7 Å². The Morgan fingerprint density at radius 2 is 1.92 bits per heavy atom. The third-order valence-corrected chi connectivity index (χ3v) is 3.31. The zero-order chi connectivity index (χ0) is 18.3. The Kier molecular flexibility index (Phi) is 7.29. The molecular formula is C16H20F2N2O4. The molecule has 24 heavy (non-hydrogen) atoms. The van der Waals surface area contributed by atoms with Gasteiger partial charge in [-0.05, 0) is 31.0 Å². The first kappa shape index (κ1) is 19.5. The summed E-state index contributed by atoms with van der Waals surface area (Å²) >= 11 is 0. The third kappa shape index (κ3) is 5.94. The minimum absolute atomic E-state index is 0.0162. The van der Waals surface area contributed by atoms with Crippen LogP contribution in [0.25, 0.3) is 0 Å². The van der Waals surface area contributed by atoms with Gasteiger partial charge >= 0.3 is 5.97 Å². The van der Waals surface area contributed by atoms with Crippen LogP contribution in [-0.4, -0.2) is 30.4 Å². The van der Waals surface area contributed by atoms with Crippen molar-refractivity contribution in [1.82, 2.24) is 5.32 Å². The van der Waals surface area contributed by atoms with Crippen LogP contribution in [0.15, 0.2) is 18.2 Å². The number of hydrogen-bond acceptors (Lipinski definition) is 4. The Morgan fingerprint density at radius 1 is 1.25 bits per heavy atom. The minimum atomic E-state index is -1.07. The molecule has 0 heterocycles. The molecule has 3 N–H and O–H groups in total. The molecule has 0 aromatic heterocycles. The van der Waals surface area contributed by atoms with E-state index in [9.17, 15) is 23.2 Å². The highest BCUT2D eigenvalue weighted by Crippen LogP contribution is 2.11. The van der Waals surface area contributed by atoms with E-state index in [2.05, 4.69) is 5.32 Å². The van der Waals surface area contributed by atoms with E-state index in [0.29, 0.717) is 0 Å². The molecule has 0 aliphatic heterocycles. The largest absolute Gasteiger partial charge is 0.466 e. The molecule has 1 aromatic rings. The number of esters is 1. The van der Waals surface area contributed by atoms with Gasteiger partial charge in [0.15, 0.2) is 11.6 Å². The number of halogens is 2. The molecule has 0 aliphatic rings. The number of nitrogens with two attached hydrogens (primary N) is 1. The van der Waals surface area contributed by atoms with Gasteiger partial charge in [-0.25, -0.2) is 8.78 Å². The van der Waals surface area contributed by atoms with E-state index in [4.69, 9.17) is 10.5 Å². The maximum Gasteiger partial charge on any atom is 0.308 e. The minimum Gasteiger partial charge on any atom is -0.466 e. The van der Waals surface area contributed by atoms with Crippen LogP contribution in [0.2, 0.25) is 0 Å². The molecule has 2 atom stereocenters. The topological polar surface area (TPSA) is 98.5 Å². The van der Waals surface area contributed by atoms with E-state index in [-0.39, 0.29) is 25.0 Å². The first-order valence-corrected chi connectivity index (χ1v) is 7.43. The molecule has 2 amide bonds. The first-order valence-electron chi connectivity index (χ1n) is 7.43. The second-order valence-corrected chi connectivity index (χ2v) is 5.34. The fourth-order valence-electron chi connectivity index (χ4n) is 2.06. The zero-order valence-corrected chi connectivity index (χ0v) is 13.5. The van der Waals surface area contributed by atoms with Crippen LogP contribution in [0.5, 0.6) is 0 Å². The van der Waals surface area contributed by atoms with Gasteiger partial charge in [0.25, 0.3) is 0 Å². The summed E-state index contributed by atoms with van der Waals surface area (Å²) in [5.74, 6) is -4.62. The van der Waals surface area contributed by atoms with Crippen LogP contribution < -0.4 is 11.1 Å². The van der Waals surface area contributed by atoms with Crippen molar-refractivity contribution < 1.29 is 27.9 Å². The molecule has 0 saturated heterocycles. The molecule has 8 heteroatoms. The number of benzene rings is 1. The SMILES string of the molecule is CCOC(=O)[C@@H](C)C[C@H](NC(=O)Cc1ccc(F)c(F)c1)C(N)=O. The summed E-state index contributed by atoms with van der Waals surface area (Å²) in [6.07, 6.45) is -0.271. The molecule has 0 aliphatic carbocycles. The average Bonchev–Trinajstić information content (AvgIpc) is 2.50. The van der Waals surface area contributed by atoms with Crippen LogP contribution in [-0.2, 0) is 25.5 Å². The van der Waals surface area contributed by atoms with E-state index in [0.717, 1.165) is 12.1 Å². The number of ether oxygens (including phenoxy) is 1. The predicted octanol–water partition coefficient (Wildman–Crippen LogP) is 1.07. The van der Waals surface area contributed by atoms with Crippen LogP contribution in [0.3, 0.4) is 0 Å². The summed E-state index contributed by atoms with van der Waals surface area (Å²) in [6, 6.07) is 2.00. The maximum absolute atomic E-state index is 13.1. The van der Waals surface area contributed by atoms with Crippen molar-refractivity contribution >= 4 is 17.8 Å². The van der Waals surface area contributed by atoms with Crippen LogP contribution in [0.4, 0.5) is 8.78 Å². The number of carbonyl (C=O) groups excluding carboxylic acids is 3. The molecular weight excluding hydrogens is 322 g/mol. The molecule has 1 aromatic carbocycles. The standard InChI is InChI=1S/C16H20F2N2O4/c1-3-24-16(23)9(2)6-13(15(19)22)20-14(21)8-10-4-5-11(17)12(18)7-10/h4-5,7,9,13H,3,6,8H2,1-2H3,(H2,19,22)(H,20,21)/t9-,13-/m0/s1. The number of primary amides is 1. The van der Waals surface area contributed by atoms with Crippen molar-refractivity contribution in [3.8, 4) is 0 Å². The Morgan fingerprint density at radius 3 is 2.46 bits per heavy atom. The molecule has 0 unspecified atom stereocenters. The lowest BCUT2D eigenvalue weighted by atomic mass is 10.0. The second-order valence-electron chi connectivity index (χ2n) is 5.34. The van der Waals surface area contributed by atoms with Gasteiger partial charge < -0.3 is 15.8 Å². The second kappa shape index (κ2) is 8.95. The smallest absolute Gasteiger partial charge is 0.308 e. The van der Waals surface area contributed by atoms with Gasteiger partial charge in [0.2, 0.25) is 11.8 Å². The van der Waals surface area contributed by atoms with Gasteiger partial charge in [-0.1, -0.05) is 13.0 Å². The summed E-state index contributed by atoms with van der Waals surface area (Å²) in [7, 11) is 0. The van der Waals surface area contributed by atoms with Crippen LogP contribution in [0, 0.1) is 17.6 Å². The Labute approximate surface area is 138 Å². The van der Waals surface area contributed by atoms with Gasteiger partial charge in [-0.3, -0.25) is 14.4 Å².